The molecule has 0 aliphatic carbocycles. The molecule has 31 heavy (non-hydrogen) atoms. The van der Waals surface area contributed by atoms with Gasteiger partial charge < -0.3 is 18.7 Å². The van der Waals surface area contributed by atoms with Crippen LogP contribution in [0.15, 0.2) is 21.2 Å². The molecule has 0 atom stereocenters. The average Bonchev–Trinajstić information content (AvgIpc) is 3.38. The van der Waals surface area contributed by atoms with Crippen LogP contribution in [0.4, 0.5) is 8.78 Å². The molecular weight excluding hydrogens is 410 g/mol. The largest absolute Gasteiger partial charge is 0.476 e. The molecule has 4 heterocycles. The molecule has 0 saturated carbocycles. The number of aryl methyl sites for hydroxylation is 2. The second kappa shape index (κ2) is 8.99. The minimum Gasteiger partial charge on any atom is -0.476 e. The number of alkyl halides is 2. The first-order valence-electron chi connectivity index (χ1n) is 10.4. The van der Waals surface area contributed by atoms with Gasteiger partial charge in [-0.05, 0) is 37.9 Å². The van der Waals surface area contributed by atoms with E-state index in [1.807, 2.05) is 6.92 Å². The van der Waals surface area contributed by atoms with Crippen molar-refractivity contribution in [2.45, 2.75) is 51.9 Å². The summed E-state index contributed by atoms with van der Waals surface area (Å²) in [6.07, 6.45) is -0.584. The van der Waals surface area contributed by atoms with E-state index in [-0.39, 0.29) is 28.5 Å². The molecule has 0 aromatic carbocycles. The van der Waals surface area contributed by atoms with Crippen molar-refractivity contribution in [3.8, 4) is 5.88 Å². The topological polar surface area (TPSA) is 94.5 Å². The van der Waals surface area contributed by atoms with Crippen LogP contribution in [0, 0.1) is 6.92 Å². The van der Waals surface area contributed by atoms with E-state index in [4.69, 9.17) is 13.8 Å². The Hall–Kier alpha value is -3.04. The van der Waals surface area contributed by atoms with Gasteiger partial charge in [0.1, 0.15) is 5.76 Å². The highest BCUT2D eigenvalue weighted by molar-refractivity contribution is 5.80. The Bertz CT molecular complexity index is 1060. The summed E-state index contributed by atoms with van der Waals surface area (Å²) < 4.78 is 42.7. The van der Waals surface area contributed by atoms with Gasteiger partial charge in [-0.25, -0.2) is 13.8 Å². The second-order valence-electron chi connectivity index (χ2n) is 7.60. The van der Waals surface area contributed by atoms with Gasteiger partial charge in [-0.2, -0.15) is 0 Å². The average molecular weight is 434 g/mol. The summed E-state index contributed by atoms with van der Waals surface area (Å²) in [5, 5.41) is 7.85. The fourth-order valence-corrected chi connectivity index (χ4v) is 3.97. The van der Waals surface area contributed by atoms with Gasteiger partial charge in [-0.3, -0.25) is 4.79 Å². The zero-order valence-electron chi connectivity index (χ0n) is 17.4. The predicted molar refractivity (Wildman–Crippen MR) is 106 cm³/mol. The van der Waals surface area contributed by atoms with Gasteiger partial charge in [0.2, 0.25) is 5.91 Å². The van der Waals surface area contributed by atoms with Crippen molar-refractivity contribution in [1.82, 2.24) is 20.2 Å². The molecule has 0 bridgehead atoms. The lowest BCUT2D eigenvalue weighted by atomic mass is 9.91. The zero-order valence-corrected chi connectivity index (χ0v) is 17.4. The molecule has 8 nitrogen and oxygen atoms in total. The number of piperidine rings is 1. The minimum atomic E-state index is -2.64. The van der Waals surface area contributed by atoms with Crippen LogP contribution in [0.1, 0.15) is 61.2 Å². The van der Waals surface area contributed by atoms with Gasteiger partial charge in [0, 0.05) is 49.2 Å². The third-order valence-corrected chi connectivity index (χ3v) is 5.58. The lowest BCUT2D eigenvalue weighted by Gasteiger charge is -2.32. The molecule has 1 fully saturated rings. The molecule has 0 spiro atoms. The highest BCUT2D eigenvalue weighted by Gasteiger charge is 2.27. The van der Waals surface area contributed by atoms with Crippen LogP contribution in [0.5, 0.6) is 5.88 Å². The number of carbonyl (C=O) groups excluding carboxylic acids is 1. The summed E-state index contributed by atoms with van der Waals surface area (Å²) in [5.74, 6) is 1.03. The van der Waals surface area contributed by atoms with E-state index in [0.29, 0.717) is 68.4 Å². The van der Waals surface area contributed by atoms with E-state index in [1.165, 1.54) is 6.07 Å². The molecule has 3 aromatic rings. The number of rotatable bonds is 7. The number of hydrogen-bond donors (Lipinski definition) is 0. The molecule has 0 unspecified atom stereocenters. The Morgan fingerprint density at radius 1 is 1.26 bits per heavy atom. The molecule has 166 valence electrons. The van der Waals surface area contributed by atoms with Crippen molar-refractivity contribution in [1.29, 1.82) is 0 Å². The van der Waals surface area contributed by atoms with Gasteiger partial charge >= 0.3 is 0 Å². The molecule has 1 aliphatic rings. The van der Waals surface area contributed by atoms with Crippen LogP contribution in [-0.4, -0.2) is 45.8 Å². The third kappa shape index (κ3) is 4.52. The van der Waals surface area contributed by atoms with Crippen molar-refractivity contribution in [2.75, 3.05) is 19.7 Å². The maximum absolute atomic E-state index is 13.6. The van der Waals surface area contributed by atoms with E-state index in [2.05, 4.69) is 15.3 Å². The summed E-state index contributed by atoms with van der Waals surface area (Å²) in [7, 11) is 0. The quantitative estimate of drug-likeness (QED) is 0.550. The first kappa shape index (κ1) is 21.2. The predicted octanol–water partition coefficient (Wildman–Crippen LogP) is 4.19. The lowest BCUT2D eigenvalue weighted by molar-refractivity contribution is -0.132. The van der Waals surface area contributed by atoms with Crippen molar-refractivity contribution < 1.29 is 27.4 Å². The first-order chi connectivity index (χ1) is 15.0. The molecular formula is C21H24F2N4O4. The second-order valence-corrected chi connectivity index (χ2v) is 7.60. The number of hydrogen-bond acceptors (Lipinski definition) is 7. The maximum atomic E-state index is 13.6. The van der Waals surface area contributed by atoms with Crippen LogP contribution >= 0.6 is 0 Å². The van der Waals surface area contributed by atoms with E-state index in [0.717, 1.165) is 0 Å². The van der Waals surface area contributed by atoms with Gasteiger partial charge in [-0.1, -0.05) is 5.16 Å². The minimum absolute atomic E-state index is 0.0145. The van der Waals surface area contributed by atoms with E-state index < -0.39 is 6.43 Å². The molecule has 4 rings (SSSR count). The van der Waals surface area contributed by atoms with E-state index >= 15 is 0 Å². The summed E-state index contributed by atoms with van der Waals surface area (Å²) in [5.41, 5.74) is 1.01. The van der Waals surface area contributed by atoms with Gasteiger partial charge in [-0.15, -0.1) is 0 Å². The molecule has 3 aromatic heterocycles. The van der Waals surface area contributed by atoms with E-state index in [9.17, 15) is 13.6 Å². The van der Waals surface area contributed by atoms with Crippen molar-refractivity contribution in [3.05, 3.63) is 34.8 Å². The fourth-order valence-electron chi connectivity index (χ4n) is 3.97. The Kier molecular flexibility index (Phi) is 6.15. The van der Waals surface area contributed by atoms with Gasteiger partial charge in [0.05, 0.1) is 17.7 Å². The summed E-state index contributed by atoms with van der Waals surface area (Å²) >= 11 is 0. The zero-order chi connectivity index (χ0) is 22.0. The SMILES string of the molecule is CCOc1cc(CCC(=O)N2CCC(c3cc(C(F)F)c4c(C)noc4n3)CC2)on1. The number of likely N-dealkylation sites (tertiary alicyclic amines) is 1. The highest BCUT2D eigenvalue weighted by Crippen LogP contribution is 2.34. The molecule has 1 amide bonds. The van der Waals surface area contributed by atoms with Crippen molar-refractivity contribution in [3.63, 3.8) is 0 Å². The Morgan fingerprint density at radius 3 is 2.74 bits per heavy atom. The van der Waals surface area contributed by atoms with Crippen LogP contribution in [-0.2, 0) is 11.2 Å². The smallest absolute Gasteiger partial charge is 0.264 e. The third-order valence-electron chi connectivity index (χ3n) is 5.58. The molecule has 1 aliphatic heterocycles. The first-order valence-corrected chi connectivity index (χ1v) is 10.4. The van der Waals surface area contributed by atoms with Crippen LogP contribution < -0.4 is 4.74 Å². The van der Waals surface area contributed by atoms with Gasteiger partial charge in [0.15, 0.2) is 0 Å². The summed E-state index contributed by atoms with van der Waals surface area (Å²) in [6.45, 7) is 5.07. The standard InChI is InChI=1S/C21H24F2N4O4/c1-3-29-17-10-14(30-26-17)4-5-18(28)27-8-6-13(7-9-27)16-11-15(20(22)23)19-12(2)25-31-21(19)24-16/h10-11,13,20H,3-9H2,1-2H3. The Labute approximate surface area is 177 Å². The molecule has 0 radical (unpaired) electrons. The number of nitrogens with zero attached hydrogens (tertiary/aromatic N) is 4. The van der Waals surface area contributed by atoms with E-state index in [1.54, 1.807) is 17.9 Å². The lowest BCUT2D eigenvalue weighted by Crippen LogP contribution is -2.38. The number of pyridine rings is 1. The number of carbonyl (C=O) groups is 1. The number of fused-ring (bicyclic) bond motifs is 1. The fraction of sp³-hybridized carbons (Fsp3) is 0.524. The van der Waals surface area contributed by atoms with Crippen molar-refractivity contribution >= 4 is 17.0 Å². The van der Waals surface area contributed by atoms with Crippen molar-refractivity contribution in [2.24, 2.45) is 0 Å². The highest BCUT2D eigenvalue weighted by atomic mass is 19.3. The molecule has 1 saturated heterocycles. The summed E-state index contributed by atoms with van der Waals surface area (Å²) in [6, 6.07) is 3.15. The van der Waals surface area contributed by atoms with Gasteiger partial charge in [0.25, 0.3) is 18.0 Å². The number of halogens is 2. The van der Waals surface area contributed by atoms with Crippen LogP contribution in [0.25, 0.3) is 11.1 Å². The normalized spacial score (nSPS) is 15.2. The number of amides is 1. The molecule has 10 heteroatoms. The van der Waals surface area contributed by atoms with Crippen LogP contribution in [0.3, 0.4) is 0 Å². The number of ether oxygens (including phenoxy) is 1. The summed E-state index contributed by atoms with van der Waals surface area (Å²) in [4.78, 5) is 18.8. The maximum Gasteiger partial charge on any atom is 0.264 e. The monoisotopic (exact) mass is 434 g/mol. The Balaban J connectivity index is 1.36. The van der Waals surface area contributed by atoms with Crippen LogP contribution in [0.2, 0.25) is 0 Å². The Morgan fingerprint density at radius 2 is 2.03 bits per heavy atom. The number of aromatic nitrogens is 3. The molecule has 0 N–H and O–H groups in total.